The molecule has 0 aromatic heterocycles. The van der Waals surface area contributed by atoms with Crippen LogP contribution in [0.25, 0.3) is 0 Å². The van der Waals surface area contributed by atoms with Gasteiger partial charge in [-0.2, -0.15) is 0 Å². The first-order chi connectivity index (χ1) is 4.93. The van der Waals surface area contributed by atoms with Gasteiger partial charge in [-0.15, -0.1) is 0 Å². The Kier molecular flexibility index (Phi) is 4.17. The molecular weight excluding hydrogens is 156 g/mol. The topological polar surface area (TPSA) is 0 Å². The molecule has 0 amide bonds. The van der Waals surface area contributed by atoms with Crippen LogP contribution in [0, 0.1) is 5.41 Å². The lowest BCUT2D eigenvalue weighted by molar-refractivity contribution is 0.484. The molecule has 0 saturated carbocycles. The highest BCUT2D eigenvalue weighted by molar-refractivity contribution is 6.29. The molecule has 0 aliphatic heterocycles. The highest BCUT2D eigenvalue weighted by Gasteiger charge is 2.17. The van der Waals surface area contributed by atoms with Crippen molar-refractivity contribution in [3.8, 4) is 0 Å². The summed E-state index contributed by atoms with van der Waals surface area (Å²) in [6.07, 6.45) is 2.03. The molecule has 0 heterocycles. The average Bonchev–Trinajstić information content (AvgIpc) is 1.86. The molecule has 0 saturated heterocycles. The van der Waals surface area contributed by atoms with E-state index in [2.05, 4.69) is 34.6 Å². The van der Waals surface area contributed by atoms with Gasteiger partial charge in [-0.25, -0.2) is 0 Å². The number of halogens is 1. The van der Waals surface area contributed by atoms with E-state index in [1.54, 1.807) is 0 Å². The summed E-state index contributed by atoms with van der Waals surface area (Å²) in [4.78, 5) is 0. The summed E-state index contributed by atoms with van der Waals surface area (Å²) in [5, 5.41) is 1.04. The van der Waals surface area contributed by atoms with Gasteiger partial charge in [0.1, 0.15) is 0 Å². The van der Waals surface area contributed by atoms with Crippen LogP contribution in [-0.4, -0.2) is 0 Å². The zero-order chi connectivity index (χ0) is 9.07. The molecule has 0 bridgehead atoms. The molecule has 0 aliphatic carbocycles. The van der Waals surface area contributed by atoms with Gasteiger partial charge in [0.15, 0.2) is 0 Å². The molecule has 0 aromatic carbocycles. The largest absolute Gasteiger partial charge is 0.0892 e. The standard InChI is InChI=1S/C10H19Cl/c1-6-8(9(11)7-2)10(3,4)5/h6-7H2,1-5H3/b9-8-. The minimum atomic E-state index is 0.238. The van der Waals surface area contributed by atoms with Crippen molar-refractivity contribution < 1.29 is 0 Å². The first-order valence-electron chi connectivity index (χ1n) is 4.31. The van der Waals surface area contributed by atoms with Crippen molar-refractivity contribution in [2.75, 3.05) is 0 Å². The first-order valence-corrected chi connectivity index (χ1v) is 4.69. The molecule has 0 nitrogen and oxygen atoms in total. The third kappa shape index (κ3) is 3.29. The van der Waals surface area contributed by atoms with E-state index in [-0.39, 0.29) is 5.41 Å². The molecule has 0 aliphatic rings. The van der Waals surface area contributed by atoms with Crippen LogP contribution < -0.4 is 0 Å². The second-order valence-corrected chi connectivity index (χ2v) is 4.30. The molecule has 0 aromatic rings. The Balaban J connectivity index is 4.66. The van der Waals surface area contributed by atoms with Crippen molar-refractivity contribution in [2.45, 2.75) is 47.5 Å². The summed E-state index contributed by atoms with van der Waals surface area (Å²) in [5.74, 6) is 0. The minimum Gasteiger partial charge on any atom is -0.0892 e. The average molecular weight is 175 g/mol. The Morgan fingerprint density at radius 1 is 1.09 bits per heavy atom. The van der Waals surface area contributed by atoms with E-state index in [1.165, 1.54) is 5.57 Å². The Morgan fingerprint density at radius 3 is 1.64 bits per heavy atom. The Bertz CT molecular complexity index is 149. The summed E-state index contributed by atoms with van der Waals surface area (Å²) >= 11 is 6.10. The maximum atomic E-state index is 6.10. The predicted molar refractivity (Wildman–Crippen MR) is 52.9 cm³/mol. The Hall–Kier alpha value is 0.0300. The number of hydrogen-bond donors (Lipinski definition) is 0. The Morgan fingerprint density at radius 2 is 1.55 bits per heavy atom. The van der Waals surface area contributed by atoms with Gasteiger partial charge in [0, 0.05) is 5.03 Å². The van der Waals surface area contributed by atoms with Crippen LogP contribution in [0.1, 0.15) is 47.5 Å². The fourth-order valence-corrected chi connectivity index (χ4v) is 1.76. The zero-order valence-corrected chi connectivity index (χ0v) is 9.05. The molecule has 0 unspecified atom stereocenters. The van der Waals surface area contributed by atoms with Crippen LogP contribution in [0.2, 0.25) is 0 Å². The molecule has 0 fully saturated rings. The monoisotopic (exact) mass is 174 g/mol. The second-order valence-electron chi connectivity index (χ2n) is 3.84. The van der Waals surface area contributed by atoms with Gasteiger partial charge in [0.2, 0.25) is 0 Å². The van der Waals surface area contributed by atoms with E-state index in [0.29, 0.717) is 0 Å². The van der Waals surface area contributed by atoms with E-state index in [1.807, 2.05) is 0 Å². The normalized spacial score (nSPS) is 14.7. The molecule has 0 radical (unpaired) electrons. The summed E-state index contributed by atoms with van der Waals surface area (Å²) in [7, 11) is 0. The lowest BCUT2D eigenvalue weighted by Gasteiger charge is -2.23. The third-order valence-electron chi connectivity index (χ3n) is 1.90. The van der Waals surface area contributed by atoms with E-state index in [9.17, 15) is 0 Å². The summed E-state index contributed by atoms with van der Waals surface area (Å²) in [6.45, 7) is 10.9. The zero-order valence-electron chi connectivity index (χ0n) is 8.29. The molecule has 0 N–H and O–H groups in total. The van der Waals surface area contributed by atoms with Gasteiger partial charge in [0.05, 0.1) is 0 Å². The van der Waals surface area contributed by atoms with Crippen LogP contribution in [0.15, 0.2) is 10.6 Å². The number of allylic oxidation sites excluding steroid dienone is 2. The Labute approximate surface area is 75.6 Å². The van der Waals surface area contributed by atoms with Crippen molar-refractivity contribution in [3.05, 3.63) is 10.6 Å². The SMILES string of the molecule is CC/C(Cl)=C(\CC)C(C)(C)C. The molecular formula is C10H19Cl. The summed E-state index contributed by atoms with van der Waals surface area (Å²) < 4.78 is 0. The van der Waals surface area contributed by atoms with E-state index < -0.39 is 0 Å². The minimum absolute atomic E-state index is 0.238. The summed E-state index contributed by atoms with van der Waals surface area (Å²) in [6, 6.07) is 0. The van der Waals surface area contributed by atoms with Gasteiger partial charge in [-0.3, -0.25) is 0 Å². The van der Waals surface area contributed by atoms with Crippen LogP contribution in [0.3, 0.4) is 0 Å². The van der Waals surface area contributed by atoms with Crippen LogP contribution in [0.5, 0.6) is 0 Å². The molecule has 11 heavy (non-hydrogen) atoms. The van der Waals surface area contributed by atoms with Gasteiger partial charge in [0.25, 0.3) is 0 Å². The van der Waals surface area contributed by atoms with E-state index in [0.717, 1.165) is 17.9 Å². The smallest absolute Gasteiger partial charge is 0.0175 e. The maximum absolute atomic E-state index is 6.10. The molecule has 0 rings (SSSR count). The highest BCUT2D eigenvalue weighted by Crippen LogP contribution is 2.32. The number of rotatable bonds is 2. The predicted octanol–water partition coefficient (Wildman–Crippen LogP) is 4.35. The van der Waals surface area contributed by atoms with E-state index >= 15 is 0 Å². The van der Waals surface area contributed by atoms with Crippen LogP contribution in [-0.2, 0) is 0 Å². The van der Waals surface area contributed by atoms with Crippen molar-refractivity contribution in [1.82, 2.24) is 0 Å². The third-order valence-corrected chi connectivity index (χ3v) is 2.39. The lowest BCUT2D eigenvalue weighted by Crippen LogP contribution is -2.10. The first kappa shape index (κ1) is 11.0. The van der Waals surface area contributed by atoms with Gasteiger partial charge in [-0.1, -0.05) is 51.8 Å². The molecule has 0 atom stereocenters. The number of hydrogen-bond acceptors (Lipinski definition) is 0. The van der Waals surface area contributed by atoms with Gasteiger partial charge >= 0.3 is 0 Å². The summed E-state index contributed by atoms with van der Waals surface area (Å²) in [5.41, 5.74) is 1.63. The van der Waals surface area contributed by atoms with Crippen molar-refractivity contribution in [1.29, 1.82) is 0 Å². The van der Waals surface area contributed by atoms with Crippen LogP contribution in [0.4, 0.5) is 0 Å². The highest BCUT2D eigenvalue weighted by atomic mass is 35.5. The maximum Gasteiger partial charge on any atom is 0.0175 e. The molecule has 1 heteroatoms. The van der Waals surface area contributed by atoms with Crippen molar-refractivity contribution in [3.63, 3.8) is 0 Å². The lowest BCUT2D eigenvalue weighted by atomic mass is 9.84. The quantitative estimate of drug-likeness (QED) is 0.584. The molecule has 66 valence electrons. The fraction of sp³-hybridized carbons (Fsp3) is 0.800. The fourth-order valence-electron chi connectivity index (χ4n) is 1.34. The van der Waals surface area contributed by atoms with Crippen molar-refractivity contribution >= 4 is 11.6 Å². The molecule has 0 spiro atoms. The van der Waals surface area contributed by atoms with Crippen LogP contribution >= 0.6 is 11.6 Å². The van der Waals surface area contributed by atoms with E-state index in [4.69, 9.17) is 11.6 Å². The van der Waals surface area contributed by atoms with Gasteiger partial charge < -0.3 is 0 Å². The van der Waals surface area contributed by atoms with Crippen molar-refractivity contribution in [2.24, 2.45) is 5.41 Å². The second kappa shape index (κ2) is 4.15. The van der Waals surface area contributed by atoms with Gasteiger partial charge in [-0.05, 0) is 18.3 Å².